The lowest BCUT2D eigenvalue weighted by molar-refractivity contribution is -0.145. The number of amides is 1. The van der Waals surface area contributed by atoms with E-state index in [1.807, 2.05) is 26.8 Å². The van der Waals surface area contributed by atoms with E-state index in [1.165, 1.54) is 0 Å². The third-order valence-electron chi connectivity index (χ3n) is 3.86. The minimum atomic E-state index is -1.03. The summed E-state index contributed by atoms with van der Waals surface area (Å²) in [6, 6.07) is 8.85. The van der Waals surface area contributed by atoms with Crippen LogP contribution >= 0.6 is 0 Å². The first-order valence-corrected chi connectivity index (χ1v) is 7.93. The van der Waals surface area contributed by atoms with Crippen LogP contribution in [0.15, 0.2) is 30.3 Å². The van der Waals surface area contributed by atoms with E-state index in [1.54, 1.807) is 24.3 Å². The van der Waals surface area contributed by atoms with Crippen LogP contribution in [0, 0.1) is 0 Å². The van der Waals surface area contributed by atoms with Gasteiger partial charge in [0.15, 0.2) is 5.60 Å². The Labute approximate surface area is 132 Å². The number of benzene rings is 1. The molecule has 0 aliphatic heterocycles. The highest BCUT2D eigenvalue weighted by molar-refractivity contribution is 5.94. The van der Waals surface area contributed by atoms with E-state index in [9.17, 15) is 9.59 Å². The van der Waals surface area contributed by atoms with Gasteiger partial charge in [0, 0.05) is 5.54 Å². The van der Waals surface area contributed by atoms with Crippen molar-refractivity contribution < 1.29 is 14.3 Å². The van der Waals surface area contributed by atoms with Gasteiger partial charge in [0.25, 0.3) is 5.91 Å². The summed E-state index contributed by atoms with van der Waals surface area (Å²) in [6.45, 7) is 5.79. The average Bonchev–Trinajstić information content (AvgIpc) is 2.47. The third kappa shape index (κ3) is 4.09. The second-order valence-corrected chi connectivity index (χ2v) is 7.01. The van der Waals surface area contributed by atoms with Crippen molar-refractivity contribution in [3.8, 4) is 0 Å². The second-order valence-electron chi connectivity index (χ2n) is 7.01. The Kier molecular flexibility index (Phi) is 4.89. The van der Waals surface area contributed by atoms with Crippen LogP contribution in [0.2, 0.25) is 0 Å². The molecule has 22 heavy (non-hydrogen) atoms. The van der Waals surface area contributed by atoms with Gasteiger partial charge in [-0.15, -0.1) is 0 Å². The van der Waals surface area contributed by atoms with E-state index in [0.717, 1.165) is 19.3 Å². The summed E-state index contributed by atoms with van der Waals surface area (Å²) in [5.74, 6) is -0.601. The van der Waals surface area contributed by atoms with Crippen LogP contribution in [-0.4, -0.2) is 23.0 Å². The number of carbonyl (C=O) groups excluding carboxylic acids is 2. The van der Waals surface area contributed by atoms with Crippen molar-refractivity contribution in [2.45, 2.75) is 64.0 Å². The molecule has 1 aliphatic carbocycles. The molecule has 0 saturated heterocycles. The van der Waals surface area contributed by atoms with Crippen LogP contribution in [0.4, 0.5) is 0 Å². The Morgan fingerprint density at radius 1 is 1.05 bits per heavy atom. The van der Waals surface area contributed by atoms with E-state index >= 15 is 0 Å². The fraction of sp³-hybridized carbons (Fsp3) is 0.556. The smallest absolute Gasteiger partial charge is 0.339 e. The maximum absolute atomic E-state index is 12.7. The lowest BCUT2D eigenvalue weighted by atomic mass is 9.83. The molecule has 1 aromatic carbocycles. The van der Waals surface area contributed by atoms with E-state index in [0.29, 0.717) is 18.4 Å². The van der Waals surface area contributed by atoms with E-state index in [4.69, 9.17) is 4.74 Å². The summed E-state index contributed by atoms with van der Waals surface area (Å²) in [6.07, 6.45) is 4.06. The van der Waals surface area contributed by atoms with Gasteiger partial charge < -0.3 is 10.1 Å². The largest absolute Gasteiger partial charge is 0.445 e. The number of ether oxygens (including phenoxy) is 1. The molecule has 1 aromatic rings. The molecule has 0 spiro atoms. The van der Waals surface area contributed by atoms with Crippen molar-refractivity contribution in [1.29, 1.82) is 0 Å². The van der Waals surface area contributed by atoms with Gasteiger partial charge in [-0.05, 0) is 58.6 Å². The van der Waals surface area contributed by atoms with Crippen molar-refractivity contribution in [2.75, 3.05) is 0 Å². The Balaban J connectivity index is 2.19. The van der Waals surface area contributed by atoms with Gasteiger partial charge in [0.2, 0.25) is 0 Å². The summed E-state index contributed by atoms with van der Waals surface area (Å²) < 4.78 is 5.72. The highest BCUT2D eigenvalue weighted by Gasteiger charge is 2.44. The lowest BCUT2D eigenvalue weighted by Gasteiger charge is -2.37. The normalized spacial score (nSPS) is 17.6. The molecule has 4 heteroatoms. The summed E-state index contributed by atoms with van der Waals surface area (Å²) in [4.78, 5) is 25.1. The van der Waals surface area contributed by atoms with Crippen molar-refractivity contribution in [3.63, 3.8) is 0 Å². The number of hydrogen-bond donors (Lipinski definition) is 1. The molecule has 120 valence electrons. The number of carbonyl (C=O) groups is 2. The molecule has 0 bridgehead atoms. The van der Waals surface area contributed by atoms with Gasteiger partial charge in [-0.25, -0.2) is 4.79 Å². The van der Waals surface area contributed by atoms with Gasteiger partial charge in [0.1, 0.15) is 0 Å². The van der Waals surface area contributed by atoms with E-state index in [2.05, 4.69) is 5.32 Å². The maximum atomic E-state index is 12.7. The summed E-state index contributed by atoms with van der Waals surface area (Å²) >= 11 is 0. The standard InChI is InChI=1S/C18H25NO3/c1-17(2,3)19-16(21)18(12-8-5-9-13-18)22-15(20)14-10-6-4-7-11-14/h4,6-7,10-11H,5,8-9,12-13H2,1-3H3,(H,19,21). The number of rotatable bonds is 3. The SMILES string of the molecule is CC(C)(C)NC(=O)C1(OC(=O)c2ccccc2)CCCCC1. The molecule has 0 aromatic heterocycles. The topological polar surface area (TPSA) is 55.4 Å². The molecule has 2 rings (SSSR count). The van der Waals surface area contributed by atoms with Gasteiger partial charge in [0.05, 0.1) is 5.56 Å². The zero-order valence-electron chi connectivity index (χ0n) is 13.6. The summed E-state index contributed by atoms with van der Waals surface area (Å²) in [5, 5.41) is 2.97. The molecule has 1 amide bonds. The van der Waals surface area contributed by atoms with Crippen molar-refractivity contribution in [1.82, 2.24) is 5.32 Å². The summed E-state index contributed by atoms with van der Waals surface area (Å²) in [7, 11) is 0. The predicted octanol–water partition coefficient (Wildman–Crippen LogP) is 3.46. The van der Waals surface area contributed by atoms with Gasteiger partial charge in [-0.1, -0.05) is 24.6 Å². The molecule has 0 heterocycles. The van der Waals surface area contributed by atoms with Crippen molar-refractivity contribution >= 4 is 11.9 Å². The first-order chi connectivity index (χ1) is 10.3. The predicted molar refractivity (Wildman–Crippen MR) is 85.6 cm³/mol. The molecule has 0 unspecified atom stereocenters. The molecule has 1 saturated carbocycles. The minimum Gasteiger partial charge on any atom is -0.445 e. The fourth-order valence-electron chi connectivity index (χ4n) is 2.76. The highest BCUT2D eigenvalue weighted by Crippen LogP contribution is 2.33. The molecular weight excluding hydrogens is 278 g/mol. The fourth-order valence-corrected chi connectivity index (χ4v) is 2.76. The first-order valence-electron chi connectivity index (χ1n) is 7.93. The molecule has 0 radical (unpaired) electrons. The van der Waals surface area contributed by atoms with Crippen molar-refractivity contribution in [2.24, 2.45) is 0 Å². The quantitative estimate of drug-likeness (QED) is 0.870. The molecular formula is C18H25NO3. The average molecular weight is 303 g/mol. The van der Waals surface area contributed by atoms with Crippen LogP contribution in [0.3, 0.4) is 0 Å². The van der Waals surface area contributed by atoms with Gasteiger partial charge >= 0.3 is 5.97 Å². The Bertz CT molecular complexity index is 525. The molecule has 4 nitrogen and oxygen atoms in total. The Morgan fingerprint density at radius 3 is 2.18 bits per heavy atom. The zero-order valence-corrected chi connectivity index (χ0v) is 13.6. The van der Waals surface area contributed by atoms with Gasteiger partial charge in [-0.3, -0.25) is 4.79 Å². The van der Waals surface area contributed by atoms with Crippen LogP contribution in [0.25, 0.3) is 0 Å². The third-order valence-corrected chi connectivity index (χ3v) is 3.86. The lowest BCUT2D eigenvalue weighted by Crippen LogP contribution is -2.55. The highest BCUT2D eigenvalue weighted by atomic mass is 16.6. The number of hydrogen-bond acceptors (Lipinski definition) is 3. The number of nitrogens with one attached hydrogen (secondary N) is 1. The van der Waals surface area contributed by atoms with Crippen LogP contribution in [-0.2, 0) is 9.53 Å². The van der Waals surface area contributed by atoms with E-state index in [-0.39, 0.29) is 11.4 Å². The molecule has 1 N–H and O–H groups in total. The van der Waals surface area contributed by atoms with Gasteiger partial charge in [-0.2, -0.15) is 0 Å². The van der Waals surface area contributed by atoms with Crippen LogP contribution in [0.1, 0.15) is 63.2 Å². The first kappa shape index (κ1) is 16.5. The Morgan fingerprint density at radius 2 is 1.64 bits per heavy atom. The van der Waals surface area contributed by atoms with Crippen molar-refractivity contribution in [3.05, 3.63) is 35.9 Å². The molecule has 1 fully saturated rings. The van der Waals surface area contributed by atoms with E-state index < -0.39 is 11.6 Å². The van der Waals surface area contributed by atoms with Crippen LogP contribution in [0.5, 0.6) is 0 Å². The van der Waals surface area contributed by atoms with Crippen LogP contribution < -0.4 is 5.32 Å². The minimum absolute atomic E-state index is 0.177. The second kappa shape index (κ2) is 6.51. The Hall–Kier alpha value is -1.84. The monoisotopic (exact) mass is 303 g/mol. The molecule has 1 aliphatic rings. The zero-order chi connectivity index (χ0) is 16.2. The molecule has 0 atom stereocenters. The number of esters is 1. The summed E-state index contributed by atoms with van der Waals surface area (Å²) in [5.41, 5.74) is -0.893. The maximum Gasteiger partial charge on any atom is 0.339 e.